The summed E-state index contributed by atoms with van der Waals surface area (Å²) in [5, 5.41) is 13.1. The SMILES string of the molecule is CSCCC(NC(=O)c1ccc([N+](=O)[O-])cc1Cl)C(=O)OCCC(N)=O. The number of nitrogens with one attached hydrogen (secondary N) is 1. The van der Waals surface area contributed by atoms with E-state index in [1.807, 2.05) is 6.26 Å². The first-order chi connectivity index (χ1) is 12.3. The third kappa shape index (κ3) is 6.89. The van der Waals surface area contributed by atoms with Crippen molar-refractivity contribution in [2.45, 2.75) is 18.9 Å². The molecule has 11 heteroatoms. The molecule has 2 amide bonds. The first-order valence-electron chi connectivity index (χ1n) is 7.45. The van der Waals surface area contributed by atoms with Crippen LogP contribution in [0, 0.1) is 10.1 Å². The zero-order chi connectivity index (χ0) is 19.7. The number of nitro groups is 1. The minimum Gasteiger partial charge on any atom is -0.464 e. The van der Waals surface area contributed by atoms with Gasteiger partial charge in [0, 0.05) is 12.1 Å². The summed E-state index contributed by atoms with van der Waals surface area (Å²) < 4.78 is 4.94. The Morgan fingerprint density at radius 1 is 1.42 bits per heavy atom. The van der Waals surface area contributed by atoms with Crippen molar-refractivity contribution in [3.8, 4) is 0 Å². The van der Waals surface area contributed by atoms with Crippen LogP contribution >= 0.6 is 23.4 Å². The first kappa shape index (κ1) is 21.7. The fourth-order valence-electron chi connectivity index (χ4n) is 1.88. The number of ether oxygens (including phenoxy) is 1. The van der Waals surface area contributed by atoms with Gasteiger partial charge in [0.2, 0.25) is 5.91 Å². The Labute approximate surface area is 158 Å². The summed E-state index contributed by atoms with van der Waals surface area (Å²) in [4.78, 5) is 45.2. The number of primary amides is 1. The molecule has 0 heterocycles. The Bertz CT molecular complexity index is 700. The van der Waals surface area contributed by atoms with Gasteiger partial charge < -0.3 is 15.8 Å². The summed E-state index contributed by atoms with van der Waals surface area (Å²) in [7, 11) is 0. The molecule has 0 fully saturated rings. The van der Waals surface area contributed by atoms with Crippen molar-refractivity contribution in [2.75, 3.05) is 18.6 Å². The normalized spacial score (nSPS) is 11.5. The average molecular weight is 404 g/mol. The highest BCUT2D eigenvalue weighted by atomic mass is 35.5. The van der Waals surface area contributed by atoms with E-state index in [2.05, 4.69) is 5.32 Å². The maximum Gasteiger partial charge on any atom is 0.328 e. The van der Waals surface area contributed by atoms with Gasteiger partial charge >= 0.3 is 5.97 Å². The monoisotopic (exact) mass is 403 g/mol. The molecule has 1 atom stereocenters. The molecule has 0 aliphatic heterocycles. The number of nitrogens with two attached hydrogens (primary N) is 1. The second-order valence-corrected chi connectivity index (χ2v) is 6.51. The number of nitrogens with zero attached hydrogens (tertiary/aromatic N) is 1. The van der Waals surface area contributed by atoms with E-state index in [9.17, 15) is 24.5 Å². The van der Waals surface area contributed by atoms with Crippen molar-refractivity contribution < 1.29 is 24.0 Å². The van der Waals surface area contributed by atoms with Crippen LogP contribution in [0.15, 0.2) is 18.2 Å². The Morgan fingerprint density at radius 3 is 2.65 bits per heavy atom. The van der Waals surface area contributed by atoms with E-state index < -0.39 is 28.7 Å². The maximum absolute atomic E-state index is 12.4. The molecule has 1 aromatic carbocycles. The second-order valence-electron chi connectivity index (χ2n) is 5.11. The Hall–Kier alpha value is -2.33. The first-order valence-corrected chi connectivity index (χ1v) is 9.22. The molecule has 0 saturated heterocycles. The van der Waals surface area contributed by atoms with Gasteiger partial charge in [0.05, 0.1) is 21.9 Å². The van der Waals surface area contributed by atoms with Gasteiger partial charge in [0.1, 0.15) is 12.6 Å². The number of carbonyl (C=O) groups is 3. The molecule has 1 rings (SSSR count). The topological polar surface area (TPSA) is 142 Å². The van der Waals surface area contributed by atoms with Gasteiger partial charge in [0.25, 0.3) is 11.6 Å². The van der Waals surface area contributed by atoms with Crippen LogP contribution < -0.4 is 11.1 Å². The standard InChI is InChI=1S/C15H18ClN3O6S/c1-26-7-5-12(15(22)25-6-4-13(17)20)18-14(21)10-3-2-9(19(23)24)8-11(10)16/h2-3,8,12H,4-7H2,1H3,(H2,17,20)(H,18,21). The predicted octanol–water partition coefficient (Wildman–Crippen LogP) is 1.52. The number of non-ortho nitro benzene ring substituents is 1. The fourth-order valence-corrected chi connectivity index (χ4v) is 2.61. The fraction of sp³-hybridized carbons (Fsp3) is 0.400. The van der Waals surface area contributed by atoms with Gasteiger partial charge in [0.15, 0.2) is 0 Å². The molecule has 0 aromatic heterocycles. The van der Waals surface area contributed by atoms with E-state index in [1.54, 1.807) is 0 Å². The highest BCUT2D eigenvalue weighted by Crippen LogP contribution is 2.22. The summed E-state index contributed by atoms with van der Waals surface area (Å²) in [6.07, 6.45) is 2.01. The smallest absolute Gasteiger partial charge is 0.328 e. The zero-order valence-corrected chi connectivity index (χ0v) is 15.5. The lowest BCUT2D eigenvalue weighted by Crippen LogP contribution is -2.42. The van der Waals surface area contributed by atoms with Crippen LogP contribution in [0.2, 0.25) is 5.02 Å². The van der Waals surface area contributed by atoms with E-state index in [0.29, 0.717) is 12.2 Å². The number of hydrogen-bond donors (Lipinski definition) is 2. The lowest BCUT2D eigenvalue weighted by atomic mass is 10.1. The molecule has 0 bridgehead atoms. The second kappa shape index (κ2) is 10.6. The number of rotatable bonds is 10. The number of benzene rings is 1. The van der Waals surface area contributed by atoms with Gasteiger partial charge in [-0.25, -0.2) is 4.79 Å². The molecule has 1 aromatic rings. The van der Waals surface area contributed by atoms with E-state index >= 15 is 0 Å². The summed E-state index contributed by atoms with van der Waals surface area (Å²) in [5.74, 6) is -1.40. The molecule has 0 saturated carbocycles. The van der Waals surface area contributed by atoms with Crippen molar-refractivity contribution in [1.82, 2.24) is 5.32 Å². The molecule has 0 spiro atoms. The van der Waals surface area contributed by atoms with Crippen molar-refractivity contribution in [3.63, 3.8) is 0 Å². The quantitative estimate of drug-likeness (QED) is 0.342. The van der Waals surface area contributed by atoms with Crippen molar-refractivity contribution >= 4 is 46.8 Å². The zero-order valence-electron chi connectivity index (χ0n) is 13.9. The minimum atomic E-state index is -0.950. The van der Waals surface area contributed by atoms with E-state index in [4.69, 9.17) is 22.1 Å². The van der Waals surface area contributed by atoms with Crippen molar-refractivity contribution in [3.05, 3.63) is 38.9 Å². The van der Waals surface area contributed by atoms with Gasteiger partial charge in [-0.3, -0.25) is 19.7 Å². The van der Waals surface area contributed by atoms with Crippen LogP contribution in [0.5, 0.6) is 0 Å². The molecular weight excluding hydrogens is 386 g/mol. The van der Waals surface area contributed by atoms with E-state index in [1.165, 1.54) is 17.8 Å². The lowest BCUT2D eigenvalue weighted by Gasteiger charge is -2.17. The molecule has 0 aliphatic rings. The third-order valence-electron chi connectivity index (χ3n) is 3.20. The molecule has 0 radical (unpaired) electrons. The lowest BCUT2D eigenvalue weighted by molar-refractivity contribution is -0.384. The highest BCUT2D eigenvalue weighted by Gasteiger charge is 2.24. The molecule has 142 valence electrons. The van der Waals surface area contributed by atoms with Crippen molar-refractivity contribution in [1.29, 1.82) is 0 Å². The Kier molecular flexibility index (Phi) is 8.86. The Morgan fingerprint density at radius 2 is 2.12 bits per heavy atom. The van der Waals surface area contributed by atoms with Crippen LogP contribution in [-0.2, 0) is 14.3 Å². The third-order valence-corrected chi connectivity index (χ3v) is 4.16. The van der Waals surface area contributed by atoms with Crippen LogP contribution in [0.25, 0.3) is 0 Å². The molecule has 1 unspecified atom stereocenters. The van der Waals surface area contributed by atoms with Crippen LogP contribution in [-0.4, -0.2) is 47.4 Å². The molecule has 26 heavy (non-hydrogen) atoms. The number of amides is 2. The summed E-state index contributed by atoms with van der Waals surface area (Å²) in [5.41, 5.74) is 4.72. The highest BCUT2D eigenvalue weighted by molar-refractivity contribution is 7.98. The van der Waals surface area contributed by atoms with Gasteiger partial charge in [-0.2, -0.15) is 11.8 Å². The molecular formula is C15H18ClN3O6S. The summed E-state index contributed by atoms with van der Waals surface area (Å²) >= 11 is 7.39. The van der Waals surface area contributed by atoms with Crippen LogP contribution in [0.3, 0.4) is 0 Å². The molecule has 3 N–H and O–H groups in total. The van der Waals surface area contributed by atoms with E-state index in [0.717, 1.165) is 12.1 Å². The summed E-state index contributed by atoms with van der Waals surface area (Å²) in [6, 6.07) is 2.45. The number of hydrogen-bond acceptors (Lipinski definition) is 7. The number of esters is 1. The van der Waals surface area contributed by atoms with E-state index in [-0.39, 0.29) is 29.3 Å². The maximum atomic E-state index is 12.4. The number of halogens is 1. The molecule has 0 aliphatic carbocycles. The Balaban J connectivity index is 2.83. The summed E-state index contributed by atoms with van der Waals surface area (Å²) in [6.45, 7) is -0.182. The average Bonchev–Trinajstić information content (AvgIpc) is 2.57. The number of carbonyl (C=O) groups excluding carboxylic acids is 3. The number of nitro benzene ring substituents is 1. The van der Waals surface area contributed by atoms with Gasteiger partial charge in [-0.1, -0.05) is 11.6 Å². The van der Waals surface area contributed by atoms with Crippen LogP contribution in [0.4, 0.5) is 5.69 Å². The van der Waals surface area contributed by atoms with Gasteiger partial charge in [-0.15, -0.1) is 0 Å². The minimum absolute atomic E-state index is 0.00338. The number of thioether (sulfide) groups is 1. The van der Waals surface area contributed by atoms with Crippen molar-refractivity contribution in [2.24, 2.45) is 5.73 Å². The molecule has 9 nitrogen and oxygen atoms in total. The largest absolute Gasteiger partial charge is 0.464 e. The van der Waals surface area contributed by atoms with Gasteiger partial charge in [-0.05, 0) is 24.5 Å². The predicted molar refractivity (Wildman–Crippen MR) is 97.1 cm³/mol. The van der Waals surface area contributed by atoms with Crippen LogP contribution in [0.1, 0.15) is 23.2 Å².